The Hall–Kier alpha value is -2.09. The van der Waals surface area contributed by atoms with Crippen LogP contribution in [0.5, 0.6) is 0 Å². The van der Waals surface area contributed by atoms with Crippen LogP contribution in [-0.4, -0.2) is 39.3 Å². The van der Waals surface area contributed by atoms with Crippen LogP contribution in [0.1, 0.15) is 0 Å². The first-order valence-corrected chi connectivity index (χ1v) is 8.93. The summed E-state index contributed by atoms with van der Waals surface area (Å²) in [6.45, 7) is 0.0431. The summed E-state index contributed by atoms with van der Waals surface area (Å²) in [5.74, 6) is -0.266. The molecule has 0 aliphatic rings. The van der Waals surface area contributed by atoms with Crippen molar-refractivity contribution in [3.8, 4) is 0 Å². The molecule has 0 fully saturated rings. The Morgan fingerprint density at radius 3 is 2.29 bits per heavy atom. The number of hydrogen-bond acceptors (Lipinski definition) is 4. The van der Waals surface area contributed by atoms with E-state index in [1.54, 1.807) is 30.3 Å². The summed E-state index contributed by atoms with van der Waals surface area (Å²) in [5.41, 5.74) is 1.18. The van der Waals surface area contributed by atoms with E-state index in [-0.39, 0.29) is 17.3 Å². The minimum atomic E-state index is -3.48. The average molecular weight is 368 g/mol. The normalized spacial score (nSPS) is 11.3. The highest BCUT2D eigenvalue weighted by Crippen LogP contribution is 2.20. The molecule has 0 saturated carbocycles. The second kappa shape index (κ2) is 7.65. The van der Waals surface area contributed by atoms with E-state index in [2.05, 4.69) is 10.6 Å². The van der Waals surface area contributed by atoms with Gasteiger partial charge in [-0.15, -0.1) is 0 Å². The number of hydrogen-bond donors (Lipinski definition) is 2. The molecular weight excluding hydrogens is 350 g/mol. The van der Waals surface area contributed by atoms with Gasteiger partial charge >= 0.3 is 0 Å². The Morgan fingerprint density at radius 2 is 1.71 bits per heavy atom. The Balaban J connectivity index is 1.96. The van der Waals surface area contributed by atoms with Crippen LogP contribution in [0.2, 0.25) is 5.02 Å². The van der Waals surface area contributed by atoms with Crippen LogP contribution in [0.25, 0.3) is 0 Å². The fraction of sp³-hybridized carbons (Fsp3) is 0.188. The highest BCUT2D eigenvalue weighted by Gasteiger charge is 2.16. The van der Waals surface area contributed by atoms with Crippen LogP contribution < -0.4 is 10.6 Å². The van der Waals surface area contributed by atoms with E-state index in [0.717, 1.165) is 4.31 Å². The highest BCUT2D eigenvalue weighted by molar-refractivity contribution is 7.89. The van der Waals surface area contributed by atoms with Gasteiger partial charge in [0.2, 0.25) is 15.9 Å². The topological polar surface area (TPSA) is 78.5 Å². The predicted molar refractivity (Wildman–Crippen MR) is 95.9 cm³/mol. The van der Waals surface area contributed by atoms with Crippen molar-refractivity contribution in [1.82, 2.24) is 4.31 Å². The number of para-hydroxylation sites is 1. The smallest absolute Gasteiger partial charge is 0.243 e. The number of carbonyl (C=O) groups is 1. The Bertz CT molecular complexity index is 821. The largest absolute Gasteiger partial charge is 0.375 e. The second-order valence-corrected chi connectivity index (χ2v) is 7.75. The van der Waals surface area contributed by atoms with Crippen LogP contribution >= 0.6 is 11.6 Å². The van der Waals surface area contributed by atoms with Gasteiger partial charge in [-0.1, -0.05) is 23.7 Å². The van der Waals surface area contributed by atoms with E-state index >= 15 is 0 Å². The van der Waals surface area contributed by atoms with Crippen molar-refractivity contribution in [1.29, 1.82) is 0 Å². The lowest BCUT2D eigenvalue weighted by atomic mass is 10.3. The van der Waals surface area contributed by atoms with Gasteiger partial charge in [-0.3, -0.25) is 4.79 Å². The summed E-state index contributed by atoms with van der Waals surface area (Å²) in [4.78, 5) is 12.1. The first-order chi connectivity index (χ1) is 11.3. The van der Waals surface area contributed by atoms with E-state index in [9.17, 15) is 13.2 Å². The minimum absolute atomic E-state index is 0.0431. The maximum absolute atomic E-state index is 12.0. The van der Waals surface area contributed by atoms with Gasteiger partial charge in [0.05, 0.1) is 22.2 Å². The molecule has 2 aromatic carbocycles. The third-order valence-corrected chi connectivity index (χ3v) is 5.39. The summed E-state index contributed by atoms with van der Waals surface area (Å²) >= 11 is 6.00. The molecule has 2 aromatic rings. The molecule has 0 aromatic heterocycles. The highest BCUT2D eigenvalue weighted by atomic mass is 35.5. The molecule has 128 valence electrons. The fourth-order valence-corrected chi connectivity index (χ4v) is 3.01. The van der Waals surface area contributed by atoms with Crippen LogP contribution in [-0.2, 0) is 14.8 Å². The molecule has 0 atom stereocenters. The Morgan fingerprint density at radius 1 is 1.08 bits per heavy atom. The molecule has 1 amide bonds. The van der Waals surface area contributed by atoms with Gasteiger partial charge < -0.3 is 10.6 Å². The van der Waals surface area contributed by atoms with Gasteiger partial charge in [0, 0.05) is 19.8 Å². The molecule has 0 aliphatic carbocycles. The summed E-state index contributed by atoms with van der Waals surface area (Å²) in [5, 5.41) is 6.15. The fourth-order valence-electron chi connectivity index (χ4n) is 1.91. The zero-order valence-electron chi connectivity index (χ0n) is 13.3. The Labute approximate surface area is 146 Å². The molecule has 0 spiro atoms. The van der Waals surface area contributed by atoms with Crippen molar-refractivity contribution < 1.29 is 13.2 Å². The average Bonchev–Trinajstić information content (AvgIpc) is 2.54. The van der Waals surface area contributed by atoms with Crippen molar-refractivity contribution in [3.63, 3.8) is 0 Å². The third kappa shape index (κ3) is 4.47. The predicted octanol–water partition coefficient (Wildman–Crippen LogP) is 2.64. The monoisotopic (exact) mass is 367 g/mol. The maximum atomic E-state index is 12.0. The molecule has 0 heterocycles. The van der Waals surface area contributed by atoms with Gasteiger partial charge in [0.25, 0.3) is 0 Å². The molecule has 24 heavy (non-hydrogen) atoms. The molecule has 0 saturated heterocycles. The maximum Gasteiger partial charge on any atom is 0.243 e. The molecule has 2 rings (SSSR count). The van der Waals surface area contributed by atoms with Gasteiger partial charge in [-0.25, -0.2) is 12.7 Å². The summed E-state index contributed by atoms with van der Waals surface area (Å²) in [6, 6.07) is 13.1. The van der Waals surface area contributed by atoms with E-state index < -0.39 is 10.0 Å². The lowest BCUT2D eigenvalue weighted by molar-refractivity contribution is -0.114. The van der Waals surface area contributed by atoms with E-state index in [0.29, 0.717) is 16.4 Å². The molecule has 0 unspecified atom stereocenters. The Kier molecular flexibility index (Phi) is 5.82. The van der Waals surface area contributed by atoms with Crippen LogP contribution in [0, 0.1) is 0 Å². The number of halogens is 1. The quantitative estimate of drug-likeness (QED) is 0.822. The summed E-state index contributed by atoms with van der Waals surface area (Å²) < 4.78 is 25.1. The van der Waals surface area contributed by atoms with E-state index in [4.69, 9.17) is 11.6 Å². The van der Waals surface area contributed by atoms with Gasteiger partial charge in [-0.2, -0.15) is 0 Å². The number of amides is 1. The van der Waals surface area contributed by atoms with Crippen LogP contribution in [0.15, 0.2) is 53.4 Å². The van der Waals surface area contributed by atoms with Crippen LogP contribution in [0.4, 0.5) is 11.4 Å². The van der Waals surface area contributed by atoms with Gasteiger partial charge in [0.15, 0.2) is 0 Å². The number of rotatable bonds is 6. The van der Waals surface area contributed by atoms with Crippen molar-refractivity contribution in [3.05, 3.63) is 53.6 Å². The number of nitrogens with one attached hydrogen (secondary N) is 2. The lowest BCUT2D eigenvalue weighted by Gasteiger charge is -2.12. The number of benzene rings is 2. The van der Waals surface area contributed by atoms with Crippen molar-refractivity contribution >= 4 is 38.9 Å². The third-order valence-electron chi connectivity index (χ3n) is 3.23. The second-order valence-electron chi connectivity index (χ2n) is 5.19. The van der Waals surface area contributed by atoms with Crippen LogP contribution in [0.3, 0.4) is 0 Å². The van der Waals surface area contributed by atoms with Gasteiger partial charge in [-0.05, 0) is 36.4 Å². The zero-order valence-corrected chi connectivity index (χ0v) is 14.9. The van der Waals surface area contributed by atoms with Crippen molar-refractivity contribution in [2.24, 2.45) is 0 Å². The lowest BCUT2D eigenvalue weighted by Crippen LogP contribution is -2.23. The molecule has 2 N–H and O–H groups in total. The summed E-state index contributed by atoms with van der Waals surface area (Å²) in [7, 11) is -0.552. The first kappa shape index (κ1) is 18.3. The summed E-state index contributed by atoms with van der Waals surface area (Å²) in [6.07, 6.45) is 0. The number of carbonyl (C=O) groups excluding carboxylic acids is 1. The SMILES string of the molecule is CN(C)S(=O)(=O)c1ccc(NC(=O)CNc2ccccc2Cl)cc1. The van der Waals surface area contributed by atoms with E-state index in [1.165, 1.54) is 26.2 Å². The van der Waals surface area contributed by atoms with Crippen molar-refractivity contribution in [2.45, 2.75) is 4.90 Å². The first-order valence-electron chi connectivity index (χ1n) is 7.11. The molecule has 0 aliphatic heterocycles. The minimum Gasteiger partial charge on any atom is -0.375 e. The number of anilines is 2. The molecule has 8 heteroatoms. The molecule has 6 nitrogen and oxygen atoms in total. The van der Waals surface area contributed by atoms with Crippen molar-refractivity contribution in [2.75, 3.05) is 31.3 Å². The number of sulfonamides is 1. The van der Waals surface area contributed by atoms with Gasteiger partial charge in [0.1, 0.15) is 0 Å². The zero-order chi connectivity index (χ0) is 17.7. The molecule has 0 radical (unpaired) electrons. The molecule has 0 bridgehead atoms. The number of nitrogens with zero attached hydrogens (tertiary/aromatic N) is 1. The molecular formula is C16H18ClN3O3S. The van der Waals surface area contributed by atoms with E-state index in [1.807, 2.05) is 6.07 Å². The standard InChI is InChI=1S/C16H18ClN3O3S/c1-20(2)24(22,23)13-9-7-12(8-10-13)19-16(21)11-18-15-6-4-3-5-14(15)17/h3-10,18H,11H2,1-2H3,(H,19,21).